The number of Topliss-reactive ketones (excluding diaryl/α,β-unsaturated/α-hetero) is 1. The van der Waals surface area contributed by atoms with E-state index in [1.807, 2.05) is 0 Å². The number of alkyl halides is 3. The minimum atomic E-state index is -4.27. The van der Waals surface area contributed by atoms with Crippen molar-refractivity contribution in [1.82, 2.24) is 0 Å². The first-order valence-electron chi connectivity index (χ1n) is 4.32. The quantitative estimate of drug-likeness (QED) is 0.716. The molecule has 0 saturated heterocycles. The average molecular weight is 212 g/mol. The molecule has 0 aliphatic heterocycles. The van der Waals surface area contributed by atoms with Crippen LogP contribution in [0.4, 0.5) is 13.2 Å². The molecule has 0 aliphatic carbocycles. The summed E-state index contributed by atoms with van der Waals surface area (Å²) in [6.07, 6.45) is -5.84. The number of carbonyl (C=O) groups excluding carboxylic acids is 1. The van der Waals surface area contributed by atoms with Gasteiger partial charge in [0.25, 0.3) is 0 Å². The van der Waals surface area contributed by atoms with Crippen LogP contribution in [-0.4, -0.2) is 24.2 Å². The van der Waals surface area contributed by atoms with E-state index in [9.17, 15) is 18.0 Å². The standard InChI is InChI=1S/C9H15F3O2/c1-8(2,3)14-6-7(13)4-5-9(10,11)12/h4-6H2,1-3H3. The van der Waals surface area contributed by atoms with Crippen LogP contribution in [0.2, 0.25) is 0 Å². The maximum atomic E-state index is 11.7. The molecule has 0 unspecified atom stereocenters. The molecule has 0 atom stereocenters. The van der Waals surface area contributed by atoms with Crippen molar-refractivity contribution in [2.24, 2.45) is 0 Å². The molecule has 0 radical (unpaired) electrons. The Balaban J connectivity index is 3.68. The van der Waals surface area contributed by atoms with Gasteiger partial charge in [-0.15, -0.1) is 0 Å². The third-order valence-corrected chi connectivity index (χ3v) is 1.35. The Labute approximate surface area is 81.4 Å². The SMILES string of the molecule is CC(C)(C)OCC(=O)CCC(F)(F)F. The minimum Gasteiger partial charge on any atom is -0.368 e. The number of carbonyl (C=O) groups is 1. The van der Waals surface area contributed by atoms with Crippen LogP contribution in [-0.2, 0) is 9.53 Å². The highest BCUT2D eigenvalue weighted by atomic mass is 19.4. The van der Waals surface area contributed by atoms with Gasteiger partial charge < -0.3 is 4.74 Å². The third kappa shape index (κ3) is 9.51. The van der Waals surface area contributed by atoms with Crippen LogP contribution < -0.4 is 0 Å². The van der Waals surface area contributed by atoms with E-state index < -0.39 is 30.4 Å². The lowest BCUT2D eigenvalue weighted by Crippen LogP contribution is -2.24. The highest BCUT2D eigenvalue weighted by Crippen LogP contribution is 2.21. The number of hydrogen-bond donors (Lipinski definition) is 0. The largest absolute Gasteiger partial charge is 0.389 e. The van der Waals surface area contributed by atoms with Crippen molar-refractivity contribution in [3.8, 4) is 0 Å². The molecule has 14 heavy (non-hydrogen) atoms. The molecule has 0 spiro atoms. The smallest absolute Gasteiger partial charge is 0.368 e. The fourth-order valence-electron chi connectivity index (χ4n) is 0.650. The van der Waals surface area contributed by atoms with Crippen LogP contribution in [0.25, 0.3) is 0 Å². The van der Waals surface area contributed by atoms with Crippen molar-refractivity contribution < 1.29 is 22.7 Å². The summed E-state index contributed by atoms with van der Waals surface area (Å²) in [4.78, 5) is 10.9. The number of ketones is 1. The second-order valence-electron chi connectivity index (χ2n) is 4.05. The summed E-state index contributed by atoms with van der Waals surface area (Å²) in [7, 11) is 0. The molecule has 0 aliphatic rings. The van der Waals surface area contributed by atoms with Crippen LogP contribution in [0.1, 0.15) is 33.6 Å². The fourth-order valence-corrected chi connectivity index (χ4v) is 0.650. The highest BCUT2D eigenvalue weighted by molar-refractivity contribution is 5.79. The van der Waals surface area contributed by atoms with E-state index >= 15 is 0 Å². The van der Waals surface area contributed by atoms with Gasteiger partial charge in [-0.05, 0) is 20.8 Å². The molecule has 0 aromatic carbocycles. The summed E-state index contributed by atoms with van der Waals surface area (Å²) >= 11 is 0. The van der Waals surface area contributed by atoms with Crippen molar-refractivity contribution in [1.29, 1.82) is 0 Å². The van der Waals surface area contributed by atoms with Gasteiger partial charge in [0, 0.05) is 6.42 Å². The maximum Gasteiger partial charge on any atom is 0.389 e. The molecule has 0 heterocycles. The Bertz CT molecular complexity index is 171. The Morgan fingerprint density at radius 1 is 1.21 bits per heavy atom. The van der Waals surface area contributed by atoms with Crippen molar-refractivity contribution in [3.05, 3.63) is 0 Å². The van der Waals surface area contributed by atoms with Crippen LogP contribution in [0, 0.1) is 0 Å². The van der Waals surface area contributed by atoms with Gasteiger partial charge in [-0.25, -0.2) is 0 Å². The number of hydrogen-bond acceptors (Lipinski definition) is 2. The van der Waals surface area contributed by atoms with Crippen LogP contribution in [0.5, 0.6) is 0 Å². The fraction of sp³-hybridized carbons (Fsp3) is 0.889. The van der Waals surface area contributed by atoms with Crippen molar-refractivity contribution in [2.75, 3.05) is 6.61 Å². The van der Waals surface area contributed by atoms with Crippen molar-refractivity contribution in [3.63, 3.8) is 0 Å². The van der Waals surface area contributed by atoms with Crippen LogP contribution in [0.15, 0.2) is 0 Å². The first kappa shape index (κ1) is 13.4. The first-order chi connectivity index (χ1) is 6.10. The molecular formula is C9H15F3O2. The lowest BCUT2D eigenvalue weighted by atomic mass is 10.2. The van der Waals surface area contributed by atoms with Gasteiger partial charge in [0.1, 0.15) is 6.61 Å². The van der Waals surface area contributed by atoms with E-state index in [2.05, 4.69) is 0 Å². The van der Waals surface area contributed by atoms with Crippen molar-refractivity contribution in [2.45, 2.75) is 45.4 Å². The molecule has 0 bridgehead atoms. The number of ether oxygens (including phenoxy) is 1. The minimum absolute atomic E-state index is 0.250. The highest BCUT2D eigenvalue weighted by Gasteiger charge is 2.28. The predicted molar refractivity (Wildman–Crippen MR) is 46.0 cm³/mol. The maximum absolute atomic E-state index is 11.7. The predicted octanol–water partition coefficient (Wildman–Crippen LogP) is 2.71. The van der Waals surface area contributed by atoms with Crippen LogP contribution in [0.3, 0.4) is 0 Å². The van der Waals surface area contributed by atoms with E-state index in [-0.39, 0.29) is 6.61 Å². The van der Waals surface area contributed by atoms with Gasteiger partial charge in [-0.3, -0.25) is 4.79 Å². The van der Waals surface area contributed by atoms with E-state index in [0.717, 1.165) is 0 Å². The summed E-state index contributed by atoms with van der Waals surface area (Å²) in [5.74, 6) is -0.516. The second kappa shape index (κ2) is 4.77. The monoisotopic (exact) mass is 212 g/mol. The Morgan fingerprint density at radius 3 is 2.07 bits per heavy atom. The first-order valence-corrected chi connectivity index (χ1v) is 4.32. The topological polar surface area (TPSA) is 26.3 Å². The zero-order valence-electron chi connectivity index (χ0n) is 8.57. The van der Waals surface area contributed by atoms with E-state index in [1.165, 1.54) is 0 Å². The summed E-state index contributed by atoms with van der Waals surface area (Å²) in [5, 5.41) is 0. The van der Waals surface area contributed by atoms with Gasteiger partial charge in [-0.1, -0.05) is 0 Å². The second-order valence-corrected chi connectivity index (χ2v) is 4.05. The van der Waals surface area contributed by atoms with Gasteiger partial charge in [0.15, 0.2) is 5.78 Å². The Hall–Kier alpha value is -0.580. The van der Waals surface area contributed by atoms with E-state index in [4.69, 9.17) is 4.74 Å². The van der Waals surface area contributed by atoms with Gasteiger partial charge in [-0.2, -0.15) is 13.2 Å². The Kier molecular flexibility index (Phi) is 4.58. The lowest BCUT2D eigenvalue weighted by molar-refractivity contribution is -0.146. The van der Waals surface area contributed by atoms with Crippen LogP contribution >= 0.6 is 0 Å². The average Bonchev–Trinajstić information content (AvgIpc) is 1.94. The molecule has 84 valence electrons. The van der Waals surface area contributed by atoms with E-state index in [0.29, 0.717) is 0 Å². The molecule has 0 aromatic heterocycles. The third-order valence-electron chi connectivity index (χ3n) is 1.35. The summed E-state index contributed by atoms with van der Waals surface area (Å²) < 4.78 is 40.1. The normalized spacial score (nSPS) is 13.0. The molecule has 0 aromatic rings. The van der Waals surface area contributed by atoms with E-state index in [1.54, 1.807) is 20.8 Å². The molecule has 5 heteroatoms. The number of halogens is 3. The molecule has 0 saturated carbocycles. The lowest BCUT2D eigenvalue weighted by Gasteiger charge is -2.18. The molecule has 0 fully saturated rings. The summed E-state index contributed by atoms with van der Waals surface area (Å²) in [6.45, 7) is 4.97. The molecule has 0 N–H and O–H groups in total. The Morgan fingerprint density at radius 2 is 1.71 bits per heavy atom. The van der Waals surface area contributed by atoms with Gasteiger partial charge >= 0.3 is 6.18 Å². The molecule has 2 nitrogen and oxygen atoms in total. The van der Waals surface area contributed by atoms with Gasteiger partial charge in [0.05, 0.1) is 12.0 Å². The number of rotatable bonds is 4. The molecule has 0 amide bonds. The van der Waals surface area contributed by atoms with Gasteiger partial charge in [0.2, 0.25) is 0 Å². The zero-order valence-corrected chi connectivity index (χ0v) is 8.57. The summed E-state index contributed by atoms with van der Waals surface area (Å²) in [5.41, 5.74) is -0.492. The van der Waals surface area contributed by atoms with Crippen molar-refractivity contribution >= 4 is 5.78 Å². The molecular weight excluding hydrogens is 197 g/mol. The molecule has 0 rings (SSSR count). The summed E-state index contributed by atoms with van der Waals surface area (Å²) in [6, 6.07) is 0. The zero-order chi connectivity index (χ0) is 11.4.